The van der Waals surface area contributed by atoms with Crippen molar-refractivity contribution in [3.63, 3.8) is 0 Å². The predicted octanol–water partition coefficient (Wildman–Crippen LogP) is 3.24. The molecule has 2 aromatic carbocycles. The van der Waals surface area contributed by atoms with E-state index in [1.165, 1.54) is 17.0 Å². The van der Waals surface area contributed by atoms with Crippen LogP contribution < -0.4 is 20.3 Å². The molecule has 28 heavy (non-hydrogen) atoms. The molecule has 0 saturated carbocycles. The summed E-state index contributed by atoms with van der Waals surface area (Å²) in [5.74, 6) is 0.926. The number of hydrogen-bond donors (Lipinski definition) is 1. The standard InChI is InChI=1S/C20H16ClN3O4/c1-12-2-4-14(21)7-15(12)23-19(25)9-24-10-22-16(8-20(24)26)13-3-5-17-18(6-13)28-11-27-17/h2-8,10H,9,11H2,1H3,(H,23,25). The number of carbonyl (C=O) groups excluding carboxylic acids is 1. The van der Waals surface area contributed by atoms with E-state index < -0.39 is 0 Å². The van der Waals surface area contributed by atoms with Gasteiger partial charge in [-0.2, -0.15) is 0 Å². The minimum absolute atomic E-state index is 0.154. The van der Waals surface area contributed by atoms with Crippen molar-refractivity contribution in [1.82, 2.24) is 9.55 Å². The first kappa shape index (κ1) is 18.1. The Kier molecular flexibility index (Phi) is 4.75. The molecule has 7 nitrogen and oxygen atoms in total. The third-order valence-electron chi connectivity index (χ3n) is 4.34. The lowest BCUT2D eigenvalue weighted by Gasteiger charge is -2.10. The average molecular weight is 398 g/mol. The highest BCUT2D eigenvalue weighted by Crippen LogP contribution is 2.35. The first-order valence-corrected chi connectivity index (χ1v) is 8.90. The summed E-state index contributed by atoms with van der Waals surface area (Å²) in [6.07, 6.45) is 1.35. The molecule has 1 N–H and O–H groups in total. The number of fused-ring (bicyclic) bond motifs is 1. The van der Waals surface area contributed by atoms with Crippen LogP contribution in [-0.4, -0.2) is 22.3 Å². The van der Waals surface area contributed by atoms with Crippen molar-refractivity contribution in [3.8, 4) is 22.8 Å². The maximum absolute atomic E-state index is 12.4. The zero-order chi connectivity index (χ0) is 19.7. The van der Waals surface area contributed by atoms with Crippen LogP contribution in [-0.2, 0) is 11.3 Å². The van der Waals surface area contributed by atoms with E-state index in [0.29, 0.717) is 27.9 Å². The van der Waals surface area contributed by atoms with Gasteiger partial charge >= 0.3 is 0 Å². The highest BCUT2D eigenvalue weighted by atomic mass is 35.5. The van der Waals surface area contributed by atoms with Crippen LogP contribution in [0.5, 0.6) is 11.5 Å². The maximum Gasteiger partial charge on any atom is 0.254 e. The van der Waals surface area contributed by atoms with Gasteiger partial charge in [-0.15, -0.1) is 0 Å². The summed E-state index contributed by atoms with van der Waals surface area (Å²) in [6.45, 7) is 1.88. The van der Waals surface area contributed by atoms with Crippen LogP contribution >= 0.6 is 11.6 Å². The second-order valence-corrected chi connectivity index (χ2v) is 6.75. The van der Waals surface area contributed by atoms with E-state index in [0.717, 1.165) is 11.1 Å². The smallest absolute Gasteiger partial charge is 0.254 e. The Labute approximate surface area is 165 Å². The minimum atomic E-state index is -0.343. The van der Waals surface area contributed by atoms with Crippen molar-refractivity contribution in [2.75, 3.05) is 12.1 Å². The summed E-state index contributed by atoms with van der Waals surface area (Å²) in [6, 6.07) is 11.9. The van der Waals surface area contributed by atoms with Crippen LogP contribution in [0.15, 0.2) is 53.6 Å². The number of nitrogens with zero attached hydrogens (tertiary/aromatic N) is 2. The number of ether oxygens (including phenoxy) is 2. The molecule has 4 rings (SSSR count). The molecule has 3 aromatic rings. The lowest BCUT2D eigenvalue weighted by Crippen LogP contribution is -2.27. The van der Waals surface area contributed by atoms with Crippen LogP contribution in [0.4, 0.5) is 5.69 Å². The van der Waals surface area contributed by atoms with Crippen molar-refractivity contribution in [3.05, 3.63) is 69.7 Å². The molecular weight excluding hydrogens is 382 g/mol. The molecule has 0 radical (unpaired) electrons. The Morgan fingerprint density at radius 1 is 1.18 bits per heavy atom. The number of aryl methyl sites for hydroxylation is 1. The summed E-state index contributed by atoms with van der Waals surface area (Å²) in [5.41, 5.74) is 2.37. The topological polar surface area (TPSA) is 82.5 Å². The van der Waals surface area contributed by atoms with Gasteiger partial charge in [0.15, 0.2) is 11.5 Å². The highest BCUT2D eigenvalue weighted by molar-refractivity contribution is 6.31. The fourth-order valence-electron chi connectivity index (χ4n) is 2.83. The molecule has 1 aliphatic rings. The van der Waals surface area contributed by atoms with Gasteiger partial charge in [0.25, 0.3) is 5.56 Å². The lowest BCUT2D eigenvalue weighted by atomic mass is 10.1. The molecule has 1 aromatic heterocycles. The normalized spacial score (nSPS) is 12.1. The molecule has 8 heteroatoms. The average Bonchev–Trinajstić information content (AvgIpc) is 3.14. The lowest BCUT2D eigenvalue weighted by molar-refractivity contribution is -0.116. The van der Waals surface area contributed by atoms with Gasteiger partial charge in [-0.3, -0.25) is 14.2 Å². The van der Waals surface area contributed by atoms with Crippen LogP contribution in [0.25, 0.3) is 11.3 Å². The van der Waals surface area contributed by atoms with Gasteiger partial charge in [0.2, 0.25) is 12.7 Å². The quantitative estimate of drug-likeness (QED) is 0.730. The molecule has 0 unspecified atom stereocenters. The van der Waals surface area contributed by atoms with Gasteiger partial charge < -0.3 is 14.8 Å². The van der Waals surface area contributed by atoms with Crippen molar-refractivity contribution in [2.24, 2.45) is 0 Å². The molecule has 0 aliphatic carbocycles. The van der Waals surface area contributed by atoms with Gasteiger partial charge in [0, 0.05) is 22.3 Å². The Hall–Kier alpha value is -3.32. The summed E-state index contributed by atoms with van der Waals surface area (Å²) < 4.78 is 11.9. The zero-order valence-electron chi connectivity index (χ0n) is 14.9. The highest BCUT2D eigenvalue weighted by Gasteiger charge is 2.15. The van der Waals surface area contributed by atoms with E-state index in [4.69, 9.17) is 21.1 Å². The first-order chi connectivity index (χ1) is 13.5. The van der Waals surface area contributed by atoms with Crippen LogP contribution in [0, 0.1) is 6.92 Å². The van der Waals surface area contributed by atoms with Gasteiger partial charge in [0.1, 0.15) is 6.54 Å². The van der Waals surface area contributed by atoms with E-state index >= 15 is 0 Å². The molecule has 0 bridgehead atoms. The van der Waals surface area contributed by atoms with E-state index in [9.17, 15) is 9.59 Å². The third kappa shape index (κ3) is 3.70. The molecular formula is C20H16ClN3O4. The fraction of sp³-hybridized carbons (Fsp3) is 0.150. The Morgan fingerprint density at radius 3 is 2.82 bits per heavy atom. The number of aromatic nitrogens is 2. The van der Waals surface area contributed by atoms with Crippen molar-refractivity contribution in [2.45, 2.75) is 13.5 Å². The molecule has 1 amide bonds. The molecule has 0 atom stereocenters. The summed E-state index contributed by atoms with van der Waals surface area (Å²) in [4.78, 5) is 29.0. The van der Waals surface area contributed by atoms with Crippen LogP contribution in [0.3, 0.4) is 0 Å². The van der Waals surface area contributed by atoms with E-state index in [2.05, 4.69) is 10.3 Å². The monoisotopic (exact) mass is 397 g/mol. The third-order valence-corrected chi connectivity index (χ3v) is 4.57. The summed E-state index contributed by atoms with van der Waals surface area (Å²) in [7, 11) is 0. The van der Waals surface area contributed by atoms with Crippen molar-refractivity contribution in [1.29, 1.82) is 0 Å². The number of amides is 1. The number of rotatable bonds is 4. The fourth-order valence-corrected chi connectivity index (χ4v) is 3.00. The minimum Gasteiger partial charge on any atom is -0.454 e. The first-order valence-electron chi connectivity index (χ1n) is 8.52. The number of nitrogens with one attached hydrogen (secondary N) is 1. The van der Waals surface area contributed by atoms with Crippen molar-refractivity contribution < 1.29 is 14.3 Å². The Bertz CT molecular complexity index is 1130. The van der Waals surface area contributed by atoms with Crippen molar-refractivity contribution >= 4 is 23.2 Å². The number of carbonyl (C=O) groups is 1. The number of hydrogen-bond acceptors (Lipinski definition) is 5. The Morgan fingerprint density at radius 2 is 2.00 bits per heavy atom. The second kappa shape index (κ2) is 7.36. The molecule has 1 aliphatic heterocycles. The molecule has 0 saturated heterocycles. The van der Waals surface area contributed by atoms with Crippen LogP contribution in [0.2, 0.25) is 5.02 Å². The summed E-state index contributed by atoms with van der Waals surface area (Å²) >= 11 is 5.96. The van der Waals surface area contributed by atoms with E-state index in [1.54, 1.807) is 30.3 Å². The number of benzene rings is 2. The molecule has 142 valence electrons. The van der Waals surface area contributed by atoms with E-state index in [1.807, 2.05) is 13.0 Å². The Balaban J connectivity index is 1.51. The molecule has 2 heterocycles. The number of anilines is 1. The summed E-state index contributed by atoms with van der Waals surface area (Å²) in [5, 5.41) is 3.28. The zero-order valence-corrected chi connectivity index (χ0v) is 15.7. The predicted molar refractivity (Wildman–Crippen MR) is 105 cm³/mol. The van der Waals surface area contributed by atoms with Gasteiger partial charge in [-0.1, -0.05) is 17.7 Å². The molecule has 0 fully saturated rings. The largest absolute Gasteiger partial charge is 0.454 e. The van der Waals surface area contributed by atoms with Gasteiger partial charge in [0.05, 0.1) is 12.0 Å². The van der Waals surface area contributed by atoms with Gasteiger partial charge in [-0.05, 0) is 42.8 Å². The molecule has 0 spiro atoms. The van der Waals surface area contributed by atoms with Gasteiger partial charge in [-0.25, -0.2) is 4.98 Å². The maximum atomic E-state index is 12.4. The van der Waals surface area contributed by atoms with E-state index in [-0.39, 0.29) is 24.8 Å². The van der Waals surface area contributed by atoms with Crippen LogP contribution in [0.1, 0.15) is 5.56 Å². The number of halogens is 1. The second-order valence-electron chi connectivity index (χ2n) is 6.32. The SMILES string of the molecule is Cc1ccc(Cl)cc1NC(=O)Cn1cnc(-c2ccc3c(c2)OCO3)cc1=O.